The summed E-state index contributed by atoms with van der Waals surface area (Å²) in [5.74, 6) is 0. The van der Waals surface area contributed by atoms with Crippen molar-refractivity contribution in [2.45, 2.75) is 58.2 Å². The zero-order chi connectivity index (χ0) is 21.0. The van der Waals surface area contributed by atoms with Crippen LogP contribution in [-0.2, 0) is 19.0 Å². The van der Waals surface area contributed by atoms with Crippen LogP contribution in [0.2, 0.25) is 0 Å². The van der Waals surface area contributed by atoms with Crippen LogP contribution < -0.4 is 5.32 Å². The number of halogens is 3. The highest BCUT2D eigenvalue weighted by atomic mass is 19.4. The maximum absolute atomic E-state index is 13.2. The third-order valence-electron chi connectivity index (χ3n) is 5.59. The van der Waals surface area contributed by atoms with E-state index in [1.165, 1.54) is 12.1 Å². The lowest BCUT2D eigenvalue weighted by Gasteiger charge is -2.36. The number of nitrogens with one attached hydrogen (secondary N) is 1. The van der Waals surface area contributed by atoms with Gasteiger partial charge in [-0.25, -0.2) is 4.79 Å². The van der Waals surface area contributed by atoms with Crippen LogP contribution in [0.1, 0.15) is 61.4 Å². The lowest BCUT2D eigenvalue weighted by molar-refractivity contribution is -0.137. The average molecular weight is 404 g/mol. The molecule has 156 valence electrons. The van der Waals surface area contributed by atoms with Crippen molar-refractivity contribution in [2.24, 2.45) is 0 Å². The van der Waals surface area contributed by atoms with E-state index < -0.39 is 11.7 Å². The van der Waals surface area contributed by atoms with Crippen molar-refractivity contribution in [3.05, 3.63) is 64.7 Å². The number of nitrogens with zero attached hydrogens (tertiary/aromatic N) is 1. The molecule has 1 fully saturated rings. The average Bonchev–Trinajstić information content (AvgIpc) is 2.73. The van der Waals surface area contributed by atoms with E-state index in [9.17, 15) is 18.0 Å². The minimum absolute atomic E-state index is 0.247. The fourth-order valence-corrected chi connectivity index (χ4v) is 4.03. The van der Waals surface area contributed by atoms with Crippen molar-refractivity contribution in [1.82, 2.24) is 4.90 Å². The van der Waals surface area contributed by atoms with Crippen LogP contribution in [0.15, 0.2) is 42.5 Å². The Morgan fingerprint density at radius 3 is 2.34 bits per heavy atom. The molecule has 2 aromatic carbocycles. The van der Waals surface area contributed by atoms with Crippen molar-refractivity contribution in [2.75, 3.05) is 11.9 Å². The zero-order valence-electron chi connectivity index (χ0n) is 16.9. The van der Waals surface area contributed by atoms with E-state index in [4.69, 9.17) is 0 Å². The van der Waals surface area contributed by atoms with Crippen LogP contribution in [0.25, 0.3) is 0 Å². The summed E-state index contributed by atoms with van der Waals surface area (Å²) in [4.78, 5) is 14.8. The van der Waals surface area contributed by atoms with E-state index in [0.29, 0.717) is 18.5 Å². The zero-order valence-corrected chi connectivity index (χ0v) is 16.9. The number of carbonyl (C=O) groups excluding carboxylic acids is 1. The first-order valence-corrected chi connectivity index (χ1v) is 10.2. The molecule has 1 N–H and O–H groups in total. The summed E-state index contributed by atoms with van der Waals surface area (Å²) < 4.78 is 39.5. The second kappa shape index (κ2) is 8.89. The van der Waals surface area contributed by atoms with Gasteiger partial charge in [-0.2, -0.15) is 13.2 Å². The highest BCUT2D eigenvalue weighted by Crippen LogP contribution is 2.36. The molecule has 3 rings (SSSR count). The van der Waals surface area contributed by atoms with Crippen molar-refractivity contribution in [3.8, 4) is 0 Å². The summed E-state index contributed by atoms with van der Waals surface area (Å²) >= 11 is 0. The number of rotatable bonds is 4. The molecule has 0 bridgehead atoms. The molecule has 1 unspecified atom stereocenters. The summed E-state index contributed by atoms with van der Waals surface area (Å²) in [7, 11) is 0. The second-order valence-electron chi connectivity index (χ2n) is 7.42. The number of hydrogen-bond acceptors (Lipinski definition) is 1. The van der Waals surface area contributed by atoms with Gasteiger partial charge < -0.3 is 10.2 Å². The molecule has 0 spiro atoms. The minimum atomic E-state index is -4.39. The van der Waals surface area contributed by atoms with Crippen LogP contribution in [0.4, 0.5) is 23.7 Å². The van der Waals surface area contributed by atoms with Gasteiger partial charge in [0.05, 0.1) is 11.6 Å². The summed E-state index contributed by atoms with van der Waals surface area (Å²) in [6.45, 7) is 4.61. The molecule has 1 saturated heterocycles. The van der Waals surface area contributed by atoms with Crippen LogP contribution >= 0.6 is 0 Å². The van der Waals surface area contributed by atoms with Gasteiger partial charge in [0.1, 0.15) is 0 Å². The number of aryl methyl sites for hydroxylation is 2. The molecule has 1 aliphatic heterocycles. The van der Waals surface area contributed by atoms with Crippen LogP contribution in [0.5, 0.6) is 0 Å². The first-order valence-electron chi connectivity index (χ1n) is 10.2. The van der Waals surface area contributed by atoms with E-state index in [1.807, 2.05) is 32.0 Å². The Labute approximate surface area is 169 Å². The third kappa shape index (κ3) is 4.74. The van der Waals surface area contributed by atoms with Crippen molar-refractivity contribution in [1.29, 1.82) is 0 Å². The molecule has 6 heteroatoms. The molecule has 0 aliphatic carbocycles. The van der Waals surface area contributed by atoms with Gasteiger partial charge in [0.15, 0.2) is 0 Å². The number of piperidine rings is 1. The number of likely N-dealkylation sites (tertiary alicyclic amines) is 1. The van der Waals surface area contributed by atoms with E-state index >= 15 is 0 Å². The summed E-state index contributed by atoms with van der Waals surface area (Å²) in [5.41, 5.74) is 2.81. The topological polar surface area (TPSA) is 32.3 Å². The second-order valence-corrected chi connectivity index (χ2v) is 7.42. The van der Waals surface area contributed by atoms with Gasteiger partial charge >= 0.3 is 12.2 Å². The molecule has 1 atom stereocenters. The lowest BCUT2D eigenvalue weighted by Crippen LogP contribution is -2.41. The Bertz CT molecular complexity index is 841. The smallest absolute Gasteiger partial charge is 0.317 e. The molecule has 1 aliphatic rings. The largest absolute Gasteiger partial charge is 0.416 e. The highest BCUT2D eigenvalue weighted by molar-refractivity contribution is 5.91. The lowest BCUT2D eigenvalue weighted by atomic mass is 9.94. The number of hydrogen-bond donors (Lipinski definition) is 1. The molecule has 0 aromatic heterocycles. The van der Waals surface area contributed by atoms with Crippen LogP contribution in [0, 0.1) is 0 Å². The summed E-state index contributed by atoms with van der Waals surface area (Å²) in [6, 6.07) is 10.7. The predicted molar refractivity (Wildman–Crippen MR) is 109 cm³/mol. The van der Waals surface area contributed by atoms with Crippen molar-refractivity contribution >= 4 is 11.7 Å². The summed E-state index contributed by atoms with van der Waals surface area (Å²) in [6.07, 6.45) is -0.422. The minimum Gasteiger partial charge on any atom is -0.317 e. The third-order valence-corrected chi connectivity index (χ3v) is 5.59. The van der Waals surface area contributed by atoms with E-state index in [2.05, 4.69) is 5.32 Å². The summed E-state index contributed by atoms with van der Waals surface area (Å²) in [5, 5.41) is 3.06. The number of para-hydroxylation sites is 1. The predicted octanol–water partition coefficient (Wildman–Crippen LogP) is 6.59. The van der Waals surface area contributed by atoms with E-state index in [-0.39, 0.29) is 12.1 Å². The fourth-order valence-electron chi connectivity index (χ4n) is 4.03. The standard InChI is InChI=1S/C23H27F3N2O/c1-3-16-9-7-10-17(4-2)21(16)27-22(29)28-14-6-5-13-20(28)18-11-8-12-19(15-18)23(24,25)26/h7-12,15,20H,3-6,13-14H2,1-2H3,(H,27,29). The SMILES string of the molecule is CCc1cccc(CC)c1NC(=O)N1CCCCC1c1cccc(C(F)(F)F)c1. The van der Waals surface area contributed by atoms with Gasteiger partial charge in [0.2, 0.25) is 0 Å². The van der Waals surface area contributed by atoms with Crippen LogP contribution in [0.3, 0.4) is 0 Å². The maximum Gasteiger partial charge on any atom is 0.416 e. The van der Waals surface area contributed by atoms with Gasteiger partial charge in [0.25, 0.3) is 0 Å². The molecule has 2 aromatic rings. The first-order chi connectivity index (χ1) is 13.8. The molecule has 0 radical (unpaired) electrons. The van der Waals surface area contributed by atoms with Crippen molar-refractivity contribution in [3.63, 3.8) is 0 Å². The molecule has 2 amide bonds. The number of alkyl halides is 3. The molecule has 29 heavy (non-hydrogen) atoms. The molecule has 0 saturated carbocycles. The number of anilines is 1. The van der Waals surface area contributed by atoms with Gasteiger partial charge in [-0.1, -0.05) is 44.2 Å². The maximum atomic E-state index is 13.2. The Hall–Kier alpha value is -2.50. The Balaban J connectivity index is 1.88. The van der Waals surface area contributed by atoms with E-state index in [1.54, 1.807) is 11.0 Å². The molecular weight excluding hydrogens is 377 g/mol. The molecule has 3 nitrogen and oxygen atoms in total. The van der Waals surface area contributed by atoms with E-state index in [0.717, 1.165) is 48.6 Å². The van der Waals surface area contributed by atoms with Gasteiger partial charge in [-0.05, 0) is 60.9 Å². The normalized spacial score (nSPS) is 17.3. The van der Waals surface area contributed by atoms with Crippen LogP contribution in [-0.4, -0.2) is 17.5 Å². The first kappa shape index (κ1) is 21.2. The quantitative estimate of drug-likeness (QED) is 0.613. The van der Waals surface area contributed by atoms with Gasteiger partial charge in [0, 0.05) is 12.2 Å². The number of carbonyl (C=O) groups is 1. The number of urea groups is 1. The Morgan fingerprint density at radius 1 is 1.07 bits per heavy atom. The Morgan fingerprint density at radius 2 is 1.72 bits per heavy atom. The van der Waals surface area contributed by atoms with Gasteiger partial charge in [-0.15, -0.1) is 0 Å². The van der Waals surface area contributed by atoms with Gasteiger partial charge in [-0.3, -0.25) is 0 Å². The fraction of sp³-hybridized carbons (Fsp3) is 0.435. The molecule has 1 heterocycles. The molecular formula is C23H27F3N2O. The number of amides is 2. The Kier molecular flexibility index (Phi) is 6.50. The highest BCUT2D eigenvalue weighted by Gasteiger charge is 2.33. The number of benzene rings is 2. The van der Waals surface area contributed by atoms with Crippen molar-refractivity contribution < 1.29 is 18.0 Å². The monoisotopic (exact) mass is 404 g/mol.